The Kier molecular flexibility index (Phi) is 15.2. The third kappa shape index (κ3) is 12.5. The lowest BCUT2D eigenvalue weighted by Gasteiger charge is -2.22. The summed E-state index contributed by atoms with van der Waals surface area (Å²) in [4.78, 5) is 34.6. The lowest BCUT2D eigenvalue weighted by molar-refractivity contribution is -0.209. The van der Waals surface area contributed by atoms with E-state index in [0.717, 1.165) is 19.3 Å². The van der Waals surface area contributed by atoms with Crippen molar-refractivity contribution >= 4 is 17.7 Å². The van der Waals surface area contributed by atoms with Gasteiger partial charge in [0.2, 0.25) is 0 Å². The molecule has 0 saturated carbocycles. The van der Waals surface area contributed by atoms with Crippen molar-refractivity contribution in [2.24, 2.45) is 0 Å². The van der Waals surface area contributed by atoms with Gasteiger partial charge in [0, 0.05) is 19.3 Å². The predicted octanol–water partition coefficient (Wildman–Crippen LogP) is 5.58. The summed E-state index contributed by atoms with van der Waals surface area (Å²) in [6.45, 7) is 3.62. The molecule has 1 aliphatic heterocycles. The molecule has 32 heavy (non-hydrogen) atoms. The molecule has 1 saturated heterocycles. The SMILES string of the molecule is CCCCCCCCCCCCCCCC(=O)OCC1COC(CCC(C)=O)(C(=O)O)O1. The molecule has 0 spiro atoms. The summed E-state index contributed by atoms with van der Waals surface area (Å²) in [6.07, 6.45) is 16.0. The van der Waals surface area contributed by atoms with Gasteiger partial charge in [-0.15, -0.1) is 0 Å². The summed E-state index contributed by atoms with van der Waals surface area (Å²) in [6, 6.07) is 0. The van der Waals surface area contributed by atoms with E-state index in [1.807, 2.05) is 0 Å². The number of carbonyl (C=O) groups is 3. The summed E-state index contributed by atoms with van der Waals surface area (Å²) >= 11 is 0. The van der Waals surface area contributed by atoms with E-state index >= 15 is 0 Å². The third-order valence-electron chi connectivity index (χ3n) is 5.91. The molecule has 7 nitrogen and oxygen atoms in total. The average Bonchev–Trinajstić information content (AvgIpc) is 3.19. The Labute approximate surface area is 193 Å². The van der Waals surface area contributed by atoms with E-state index in [1.54, 1.807) is 0 Å². The topological polar surface area (TPSA) is 99.1 Å². The number of rotatable bonds is 20. The van der Waals surface area contributed by atoms with E-state index in [4.69, 9.17) is 14.2 Å². The summed E-state index contributed by atoms with van der Waals surface area (Å²) in [5, 5.41) is 9.39. The van der Waals surface area contributed by atoms with Gasteiger partial charge in [0.1, 0.15) is 18.5 Å². The molecule has 0 radical (unpaired) electrons. The molecular formula is C25H44O7. The minimum atomic E-state index is -1.82. The first kappa shape index (κ1) is 28.6. The van der Waals surface area contributed by atoms with Crippen LogP contribution in [0.5, 0.6) is 0 Å². The van der Waals surface area contributed by atoms with Gasteiger partial charge in [0.25, 0.3) is 5.79 Å². The van der Waals surface area contributed by atoms with Crippen LogP contribution in [-0.2, 0) is 28.6 Å². The van der Waals surface area contributed by atoms with Crippen LogP contribution in [0.1, 0.15) is 117 Å². The number of carboxylic acid groups (broad SMARTS) is 1. The lowest BCUT2D eigenvalue weighted by Crippen LogP contribution is -2.41. The number of unbranched alkanes of at least 4 members (excludes halogenated alkanes) is 12. The zero-order valence-electron chi connectivity index (χ0n) is 20.2. The first-order valence-electron chi connectivity index (χ1n) is 12.6. The molecule has 0 aromatic carbocycles. The highest BCUT2D eigenvalue weighted by Crippen LogP contribution is 2.29. The Morgan fingerprint density at radius 2 is 1.41 bits per heavy atom. The smallest absolute Gasteiger partial charge is 0.364 e. The van der Waals surface area contributed by atoms with Crippen molar-refractivity contribution in [1.29, 1.82) is 0 Å². The standard InChI is InChI=1S/C25H44O7/c1-3-4-5-6-7-8-9-10-11-12-13-14-15-16-23(27)30-19-22-20-31-25(32-22,24(28)29)18-17-21(2)26/h22H,3-20H2,1-2H3,(H,28,29). The molecule has 0 amide bonds. The molecule has 0 aromatic rings. The molecule has 186 valence electrons. The zero-order valence-corrected chi connectivity index (χ0v) is 20.2. The lowest BCUT2D eigenvalue weighted by atomic mass is 10.0. The maximum Gasteiger partial charge on any atom is 0.364 e. The second-order valence-electron chi connectivity index (χ2n) is 8.99. The fourth-order valence-corrected chi connectivity index (χ4v) is 3.88. The largest absolute Gasteiger partial charge is 0.477 e. The summed E-state index contributed by atoms with van der Waals surface area (Å²) in [5.74, 6) is -3.52. The van der Waals surface area contributed by atoms with Crippen LogP contribution in [0.4, 0.5) is 0 Å². The van der Waals surface area contributed by atoms with Gasteiger partial charge in [-0.1, -0.05) is 84.0 Å². The van der Waals surface area contributed by atoms with Crippen molar-refractivity contribution in [2.75, 3.05) is 13.2 Å². The van der Waals surface area contributed by atoms with E-state index in [1.165, 1.54) is 71.1 Å². The molecule has 1 fully saturated rings. The number of hydrogen-bond donors (Lipinski definition) is 1. The Balaban J connectivity index is 2.01. The van der Waals surface area contributed by atoms with Gasteiger partial charge >= 0.3 is 11.9 Å². The Bertz CT molecular complexity index is 548. The first-order valence-corrected chi connectivity index (χ1v) is 12.6. The normalized spacial score (nSPS) is 20.4. The van der Waals surface area contributed by atoms with Crippen LogP contribution in [0.3, 0.4) is 0 Å². The molecule has 1 rings (SSSR count). The fourth-order valence-electron chi connectivity index (χ4n) is 3.88. The van der Waals surface area contributed by atoms with E-state index in [-0.39, 0.29) is 37.8 Å². The highest BCUT2D eigenvalue weighted by molar-refractivity contribution is 5.79. The summed E-state index contributed by atoms with van der Waals surface area (Å²) < 4.78 is 16.0. The van der Waals surface area contributed by atoms with Crippen molar-refractivity contribution in [2.45, 2.75) is 128 Å². The maximum absolute atomic E-state index is 11.9. The summed E-state index contributed by atoms with van der Waals surface area (Å²) in [5.41, 5.74) is 0. The van der Waals surface area contributed by atoms with E-state index in [2.05, 4.69) is 6.92 Å². The average molecular weight is 457 g/mol. The molecule has 0 bridgehead atoms. The molecule has 2 unspecified atom stereocenters. The summed E-state index contributed by atoms with van der Waals surface area (Å²) in [7, 11) is 0. The van der Waals surface area contributed by atoms with Gasteiger partial charge in [-0.05, 0) is 13.3 Å². The molecule has 2 atom stereocenters. The van der Waals surface area contributed by atoms with Crippen LogP contribution in [-0.4, -0.2) is 47.9 Å². The number of esters is 1. The Morgan fingerprint density at radius 3 is 1.91 bits per heavy atom. The van der Waals surface area contributed by atoms with Crippen LogP contribution in [0.2, 0.25) is 0 Å². The van der Waals surface area contributed by atoms with Crippen LogP contribution in [0.15, 0.2) is 0 Å². The van der Waals surface area contributed by atoms with Crippen LogP contribution >= 0.6 is 0 Å². The monoisotopic (exact) mass is 456 g/mol. The molecule has 1 heterocycles. The molecule has 7 heteroatoms. The van der Waals surface area contributed by atoms with Crippen molar-refractivity contribution in [1.82, 2.24) is 0 Å². The van der Waals surface area contributed by atoms with Gasteiger partial charge in [0.05, 0.1) is 6.61 Å². The van der Waals surface area contributed by atoms with Crippen LogP contribution in [0, 0.1) is 0 Å². The van der Waals surface area contributed by atoms with Gasteiger partial charge in [0.15, 0.2) is 0 Å². The van der Waals surface area contributed by atoms with Crippen molar-refractivity contribution in [3.05, 3.63) is 0 Å². The molecule has 1 aliphatic rings. The fraction of sp³-hybridized carbons (Fsp3) is 0.880. The van der Waals surface area contributed by atoms with Gasteiger partial charge < -0.3 is 24.1 Å². The zero-order chi connectivity index (χ0) is 23.7. The second kappa shape index (κ2) is 17.1. The number of ketones is 1. The molecular weight excluding hydrogens is 412 g/mol. The number of carboxylic acids is 1. The molecule has 1 N–H and O–H groups in total. The quantitative estimate of drug-likeness (QED) is 0.189. The van der Waals surface area contributed by atoms with Crippen LogP contribution < -0.4 is 0 Å². The van der Waals surface area contributed by atoms with Crippen LogP contribution in [0.25, 0.3) is 0 Å². The van der Waals surface area contributed by atoms with E-state index < -0.39 is 17.9 Å². The number of Topliss-reactive ketones (excluding diaryl/α,β-unsaturated/α-hetero) is 1. The number of hydrogen-bond acceptors (Lipinski definition) is 6. The van der Waals surface area contributed by atoms with Gasteiger partial charge in [-0.3, -0.25) is 4.79 Å². The third-order valence-corrected chi connectivity index (χ3v) is 5.91. The minimum absolute atomic E-state index is 0.0240. The predicted molar refractivity (Wildman–Crippen MR) is 122 cm³/mol. The second-order valence-corrected chi connectivity index (χ2v) is 8.99. The first-order chi connectivity index (χ1) is 15.4. The number of aliphatic carboxylic acids is 1. The number of ether oxygens (including phenoxy) is 3. The number of carbonyl (C=O) groups excluding carboxylic acids is 2. The van der Waals surface area contributed by atoms with Gasteiger partial charge in [-0.25, -0.2) is 4.79 Å². The molecule has 0 aromatic heterocycles. The van der Waals surface area contributed by atoms with Crippen molar-refractivity contribution in [3.63, 3.8) is 0 Å². The minimum Gasteiger partial charge on any atom is -0.477 e. The highest BCUT2D eigenvalue weighted by Gasteiger charge is 2.48. The maximum atomic E-state index is 11.9. The van der Waals surface area contributed by atoms with E-state index in [9.17, 15) is 19.5 Å². The Hall–Kier alpha value is -1.47. The van der Waals surface area contributed by atoms with Crippen molar-refractivity contribution in [3.8, 4) is 0 Å². The van der Waals surface area contributed by atoms with E-state index in [0.29, 0.717) is 6.42 Å². The van der Waals surface area contributed by atoms with Gasteiger partial charge in [-0.2, -0.15) is 0 Å². The highest BCUT2D eigenvalue weighted by atomic mass is 16.8. The Morgan fingerprint density at radius 1 is 0.875 bits per heavy atom. The molecule has 0 aliphatic carbocycles. The van der Waals surface area contributed by atoms with Crippen molar-refractivity contribution < 1.29 is 33.7 Å².